The Hall–Kier alpha value is -2.08. The van der Waals surface area contributed by atoms with E-state index in [0.29, 0.717) is 10.8 Å². The molecule has 0 fully saturated rings. The summed E-state index contributed by atoms with van der Waals surface area (Å²) in [5.74, 6) is 0. The van der Waals surface area contributed by atoms with Crippen LogP contribution in [0.3, 0.4) is 0 Å². The largest absolute Gasteiger partial charge is 0.359 e. The van der Waals surface area contributed by atoms with E-state index in [-0.39, 0.29) is 17.3 Å². The lowest BCUT2D eigenvalue weighted by atomic mass is 10.1. The fraction of sp³-hybridized carbons (Fsp3) is 0.529. The zero-order valence-corrected chi connectivity index (χ0v) is 13.9. The fourth-order valence-corrected chi connectivity index (χ4v) is 2.73. The molecule has 2 rings (SSSR count). The van der Waals surface area contributed by atoms with Gasteiger partial charge in [-0.2, -0.15) is 0 Å². The van der Waals surface area contributed by atoms with Crippen molar-refractivity contribution in [2.45, 2.75) is 51.6 Å². The van der Waals surface area contributed by atoms with Gasteiger partial charge in [-0.15, -0.1) is 0 Å². The number of nitrogens with one attached hydrogen (secondary N) is 2. The standard InChI is InChI=1S/C17H26N4O2/c1-3-4-5-6-7-8-15(18)21(2)12-9-10-13-14(11-12)17(23)20-19-16(13)22/h9-11,15H,3-8,18H2,1-2H3,(H,19,22)(H,20,23). The number of fused-ring (bicyclic) bond motifs is 1. The molecule has 1 unspecified atom stereocenters. The number of anilines is 1. The Bertz CT molecular complexity index is 750. The van der Waals surface area contributed by atoms with Crippen LogP contribution in [0.25, 0.3) is 10.8 Å². The molecule has 126 valence electrons. The summed E-state index contributed by atoms with van der Waals surface area (Å²) in [7, 11) is 1.92. The fourth-order valence-electron chi connectivity index (χ4n) is 2.73. The first-order chi connectivity index (χ1) is 11.0. The molecular formula is C17H26N4O2. The van der Waals surface area contributed by atoms with Gasteiger partial charge < -0.3 is 10.6 Å². The van der Waals surface area contributed by atoms with Crippen molar-refractivity contribution in [1.29, 1.82) is 0 Å². The van der Waals surface area contributed by atoms with Crippen LogP contribution in [0.15, 0.2) is 27.8 Å². The highest BCUT2D eigenvalue weighted by Crippen LogP contribution is 2.19. The molecule has 1 heterocycles. The van der Waals surface area contributed by atoms with Crippen molar-refractivity contribution in [2.75, 3.05) is 11.9 Å². The number of H-pyrrole nitrogens is 2. The van der Waals surface area contributed by atoms with E-state index in [1.165, 1.54) is 25.7 Å². The molecule has 2 aromatic rings. The van der Waals surface area contributed by atoms with Crippen LogP contribution in [-0.2, 0) is 0 Å². The molecule has 1 aromatic heterocycles. The summed E-state index contributed by atoms with van der Waals surface area (Å²) in [6.07, 6.45) is 6.85. The van der Waals surface area contributed by atoms with E-state index in [4.69, 9.17) is 5.73 Å². The van der Waals surface area contributed by atoms with Gasteiger partial charge in [-0.1, -0.05) is 39.0 Å². The van der Waals surface area contributed by atoms with Gasteiger partial charge in [-0.25, -0.2) is 0 Å². The predicted molar refractivity (Wildman–Crippen MR) is 94.9 cm³/mol. The third kappa shape index (κ3) is 4.22. The van der Waals surface area contributed by atoms with Gasteiger partial charge >= 0.3 is 0 Å². The van der Waals surface area contributed by atoms with Gasteiger partial charge in [0.2, 0.25) is 0 Å². The zero-order valence-electron chi connectivity index (χ0n) is 13.9. The molecule has 0 radical (unpaired) electrons. The lowest BCUT2D eigenvalue weighted by Gasteiger charge is -2.27. The molecule has 23 heavy (non-hydrogen) atoms. The number of nitrogens with two attached hydrogens (primary N) is 1. The molecule has 0 saturated carbocycles. The molecule has 0 aliphatic carbocycles. The minimum atomic E-state index is -0.303. The lowest BCUT2D eigenvalue weighted by Crippen LogP contribution is -2.39. The second kappa shape index (κ2) is 7.97. The van der Waals surface area contributed by atoms with Crippen LogP contribution < -0.4 is 21.8 Å². The minimum absolute atomic E-state index is 0.102. The van der Waals surface area contributed by atoms with E-state index in [1.807, 2.05) is 18.0 Å². The second-order valence-electron chi connectivity index (χ2n) is 6.02. The number of aromatic nitrogens is 2. The summed E-state index contributed by atoms with van der Waals surface area (Å²) < 4.78 is 0. The van der Waals surface area contributed by atoms with Gasteiger partial charge in [-0.3, -0.25) is 19.8 Å². The van der Waals surface area contributed by atoms with Crippen molar-refractivity contribution in [3.63, 3.8) is 0 Å². The van der Waals surface area contributed by atoms with Crippen LogP contribution in [0.2, 0.25) is 0 Å². The Labute approximate surface area is 135 Å². The van der Waals surface area contributed by atoms with Crippen LogP contribution in [0.1, 0.15) is 45.4 Å². The number of hydrogen-bond donors (Lipinski definition) is 3. The van der Waals surface area contributed by atoms with Crippen LogP contribution in [0.4, 0.5) is 5.69 Å². The third-order valence-corrected chi connectivity index (χ3v) is 4.29. The number of hydrogen-bond acceptors (Lipinski definition) is 4. The predicted octanol–water partition coefficient (Wildman–Crippen LogP) is 2.30. The summed E-state index contributed by atoms with van der Waals surface area (Å²) in [5, 5.41) is 5.45. The van der Waals surface area contributed by atoms with Crippen LogP contribution >= 0.6 is 0 Å². The topological polar surface area (TPSA) is 95.0 Å². The molecule has 0 bridgehead atoms. The highest BCUT2D eigenvalue weighted by Gasteiger charge is 2.12. The Morgan fingerprint density at radius 2 is 1.70 bits per heavy atom. The lowest BCUT2D eigenvalue weighted by molar-refractivity contribution is 0.534. The van der Waals surface area contributed by atoms with Gasteiger partial charge in [0.25, 0.3) is 11.1 Å². The molecule has 6 heteroatoms. The second-order valence-corrected chi connectivity index (χ2v) is 6.02. The van der Waals surface area contributed by atoms with Crippen LogP contribution in [0.5, 0.6) is 0 Å². The summed E-state index contributed by atoms with van der Waals surface area (Å²) in [6, 6.07) is 5.22. The van der Waals surface area contributed by atoms with E-state index < -0.39 is 0 Å². The molecule has 6 nitrogen and oxygen atoms in total. The van der Waals surface area contributed by atoms with Crippen molar-refractivity contribution in [3.8, 4) is 0 Å². The van der Waals surface area contributed by atoms with Crippen LogP contribution in [-0.4, -0.2) is 23.4 Å². The number of nitrogens with zero attached hydrogens (tertiary/aromatic N) is 1. The maximum absolute atomic E-state index is 11.9. The van der Waals surface area contributed by atoms with Crippen molar-refractivity contribution in [2.24, 2.45) is 5.73 Å². The van der Waals surface area contributed by atoms with Crippen molar-refractivity contribution in [1.82, 2.24) is 10.2 Å². The highest BCUT2D eigenvalue weighted by atomic mass is 16.1. The van der Waals surface area contributed by atoms with E-state index in [1.54, 1.807) is 12.1 Å². The SMILES string of the molecule is CCCCCCCC(N)N(C)c1ccc2c(=O)[nH][nH]c(=O)c2c1. The summed E-state index contributed by atoms with van der Waals surface area (Å²) in [5.41, 5.74) is 6.49. The van der Waals surface area contributed by atoms with Crippen molar-refractivity contribution >= 4 is 16.5 Å². The molecule has 0 aliphatic rings. The number of benzene rings is 1. The molecule has 0 saturated heterocycles. The summed E-state index contributed by atoms with van der Waals surface area (Å²) in [4.78, 5) is 25.5. The van der Waals surface area contributed by atoms with Crippen molar-refractivity contribution in [3.05, 3.63) is 38.9 Å². The normalized spacial score (nSPS) is 12.5. The average Bonchev–Trinajstić information content (AvgIpc) is 2.57. The van der Waals surface area contributed by atoms with Gasteiger partial charge in [0.05, 0.1) is 16.9 Å². The monoisotopic (exact) mass is 318 g/mol. The highest BCUT2D eigenvalue weighted by molar-refractivity contribution is 5.84. The molecule has 0 spiro atoms. The first-order valence-corrected chi connectivity index (χ1v) is 8.27. The molecule has 1 aromatic carbocycles. The van der Waals surface area contributed by atoms with Gasteiger partial charge in [0, 0.05) is 12.7 Å². The zero-order chi connectivity index (χ0) is 16.8. The van der Waals surface area contributed by atoms with Gasteiger partial charge in [0.1, 0.15) is 0 Å². The Kier molecular flexibility index (Phi) is 5.98. The molecule has 4 N–H and O–H groups in total. The van der Waals surface area contributed by atoms with Gasteiger partial charge in [0.15, 0.2) is 0 Å². The average molecular weight is 318 g/mol. The maximum Gasteiger partial charge on any atom is 0.270 e. The third-order valence-electron chi connectivity index (χ3n) is 4.29. The Morgan fingerprint density at radius 3 is 2.39 bits per heavy atom. The van der Waals surface area contributed by atoms with E-state index in [9.17, 15) is 9.59 Å². The summed E-state index contributed by atoms with van der Waals surface area (Å²) >= 11 is 0. The van der Waals surface area contributed by atoms with Crippen LogP contribution in [0, 0.1) is 0 Å². The Balaban J connectivity index is 2.08. The molecule has 1 atom stereocenters. The first kappa shape index (κ1) is 17.3. The smallest absolute Gasteiger partial charge is 0.270 e. The number of aromatic amines is 2. The quantitative estimate of drug-likeness (QED) is 0.514. The maximum atomic E-state index is 11.9. The summed E-state index contributed by atoms with van der Waals surface area (Å²) in [6.45, 7) is 2.20. The van der Waals surface area contributed by atoms with E-state index >= 15 is 0 Å². The van der Waals surface area contributed by atoms with E-state index in [0.717, 1.165) is 18.5 Å². The van der Waals surface area contributed by atoms with E-state index in [2.05, 4.69) is 17.1 Å². The molecule has 0 amide bonds. The number of unbranched alkanes of at least 4 members (excludes halogenated alkanes) is 4. The number of rotatable bonds is 8. The van der Waals surface area contributed by atoms with Crippen molar-refractivity contribution < 1.29 is 0 Å². The molecule has 0 aliphatic heterocycles. The minimum Gasteiger partial charge on any atom is -0.359 e. The van der Waals surface area contributed by atoms with Gasteiger partial charge in [-0.05, 0) is 24.6 Å². The Morgan fingerprint density at radius 1 is 1.04 bits per heavy atom. The first-order valence-electron chi connectivity index (χ1n) is 8.27. The molecular weight excluding hydrogens is 292 g/mol.